The molecule has 2 atom stereocenters. The van der Waals surface area contributed by atoms with Crippen molar-refractivity contribution in [1.82, 2.24) is 5.32 Å². The van der Waals surface area contributed by atoms with Crippen molar-refractivity contribution in [2.24, 2.45) is 10.7 Å². The fraction of sp³-hybridized carbons (Fsp3) is 0.571. The van der Waals surface area contributed by atoms with E-state index >= 15 is 0 Å². The van der Waals surface area contributed by atoms with Crippen molar-refractivity contribution >= 4 is 12.2 Å². The summed E-state index contributed by atoms with van der Waals surface area (Å²) in [6, 6.07) is 0. The number of hydrogen-bond donors (Lipinski definition) is 3. The molecule has 0 radical (unpaired) electrons. The molecule has 0 saturated carbocycles. The van der Waals surface area contributed by atoms with Crippen LogP contribution in [-0.2, 0) is 14.3 Å². The van der Waals surface area contributed by atoms with Crippen LogP contribution in [0.25, 0.3) is 0 Å². The van der Waals surface area contributed by atoms with E-state index in [9.17, 15) is 4.79 Å². The highest BCUT2D eigenvalue weighted by atomic mass is 16.5. The molecule has 0 spiro atoms. The first-order valence-electron chi connectivity index (χ1n) is 6.83. The Labute approximate surface area is 124 Å². The third-order valence-corrected chi connectivity index (χ3v) is 3.10. The van der Waals surface area contributed by atoms with Gasteiger partial charge in [0.05, 0.1) is 25.5 Å². The van der Waals surface area contributed by atoms with Crippen LogP contribution in [-0.4, -0.2) is 43.3 Å². The van der Waals surface area contributed by atoms with Crippen molar-refractivity contribution in [3.8, 4) is 0 Å². The Morgan fingerprint density at radius 1 is 1.52 bits per heavy atom. The molecule has 0 aromatic heterocycles. The number of rotatable bonds is 6. The first kappa shape index (κ1) is 17.2. The molecule has 0 amide bonds. The van der Waals surface area contributed by atoms with Gasteiger partial charge < -0.3 is 25.6 Å². The molecule has 118 valence electrons. The second kappa shape index (κ2) is 8.43. The topological polar surface area (TPSA) is 106 Å². The van der Waals surface area contributed by atoms with E-state index < -0.39 is 5.97 Å². The molecule has 0 unspecified atom stereocenters. The lowest BCUT2D eigenvalue weighted by Gasteiger charge is -2.19. The molecule has 1 heterocycles. The van der Waals surface area contributed by atoms with E-state index in [-0.39, 0.29) is 30.3 Å². The zero-order valence-electron chi connectivity index (χ0n) is 12.6. The minimum absolute atomic E-state index is 0.0225. The normalized spacial score (nSPS) is 24.1. The first-order chi connectivity index (χ1) is 10.1. The fourth-order valence-electron chi connectivity index (χ4n) is 2.08. The molecule has 0 aliphatic carbocycles. The molecule has 1 fully saturated rings. The minimum atomic E-state index is -0.574. The summed E-state index contributed by atoms with van der Waals surface area (Å²) in [4.78, 5) is 15.9. The number of esters is 1. The summed E-state index contributed by atoms with van der Waals surface area (Å²) in [7, 11) is 1.28. The maximum Gasteiger partial charge on any atom is 0.343 e. The summed E-state index contributed by atoms with van der Waals surface area (Å²) in [6.45, 7) is 3.45. The quantitative estimate of drug-likeness (QED) is 0.284. The van der Waals surface area contributed by atoms with Crippen molar-refractivity contribution in [3.63, 3.8) is 0 Å². The van der Waals surface area contributed by atoms with Crippen molar-refractivity contribution in [2.75, 3.05) is 13.7 Å². The lowest BCUT2D eigenvalue weighted by atomic mass is 10.1. The van der Waals surface area contributed by atoms with E-state index in [1.165, 1.54) is 13.3 Å². The molecule has 1 saturated heterocycles. The SMILES string of the molecule is CC=C(N[C@H]1CC[C@@H](CO)O1)/C(C(=O)OC)=C(N)\N=C/C. The Morgan fingerprint density at radius 3 is 2.71 bits per heavy atom. The molecular formula is C14H23N3O4. The number of carbonyl (C=O) groups is 1. The molecule has 0 bridgehead atoms. The smallest absolute Gasteiger partial charge is 0.343 e. The predicted molar refractivity (Wildman–Crippen MR) is 79.3 cm³/mol. The van der Waals surface area contributed by atoms with E-state index in [1.54, 1.807) is 19.9 Å². The van der Waals surface area contributed by atoms with Crippen LogP contribution in [0.3, 0.4) is 0 Å². The Balaban J connectivity index is 2.94. The van der Waals surface area contributed by atoms with Gasteiger partial charge >= 0.3 is 5.97 Å². The second-order valence-corrected chi connectivity index (χ2v) is 4.49. The van der Waals surface area contributed by atoms with E-state index in [4.69, 9.17) is 20.3 Å². The van der Waals surface area contributed by atoms with Crippen molar-refractivity contribution in [2.45, 2.75) is 39.0 Å². The largest absolute Gasteiger partial charge is 0.465 e. The maximum atomic E-state index is 11.9. The van der Waals surface area contributed by atoms with E-state index in [0.717, 1.165) is 12.8 Å². The number of allylic oxidation sites excluding steroid dienone is 1. The molecular weight excluding hydrogens is 274 g/mol. The van der Waals surface area contributed by atoms with E-state index in [0.29, 0.717) is 5.70 Å². The molecule has 0 aromatic carbocycles. The number of hydrogen-bond acceptors (Lipinski definition) is 7. The summed E-state index contributed by atoms with van der Waals surface area (Å²) < 4.78 is 10.3. The van der Waals surface area contributed by atoms with E-state index in [1.807, 2.05) is 0 Å². The maximum absolute atomic E-state index is 11.9. The Morgan fingerprint density at radius 2 is 2.24 bits per heavy atom. The monoisotopic (exact) mass is 297 g/mol. The molecule has 7 nitrogen and oxygen atoms in total. The Hall–Kier alpha value is -1.86. The molecule has 1 aliphatic heterocycles. The second-order valence-electron chi connectivity index (χ2n) is 4.49. The number of ether oxygens (including phenoxy) is 2. The van der Waals surface area contributed by atoms with E-state index in [2.05, 4.69) is 10.3 Å². The number of methoxy groups -OCH3 is 1. The first-order valence-corrected chi connectivity index (χ1v) is 6.83. The number of aliphatic imine (C=N–C) groups is 1. The average Bonchev–Trinajstić information content (AvgIpc) is 2.94. The molecule has 4 N–H and O–H groups in total. The van der Waals surface area contributed by atoms with Crippen LogP contribution < -0.4 is 11.1 Å². The molecule has 7 heteroatoms. The van der Waals surface area contributed by atoms with Gasteiger partial charge in [-0.2, -0.15) is 0 Å². The van der Waals surface area contributed by atoms with Crippen LogP contribution in [0, 0.1) is 0 Å². The standard InChI is InChI=1S/C14H23N3O4/c1-4-10(17-11-7-6-9(8-18)21-11)12(14(19)20-3)13(15)16-5-2/h4-5,9,11,17-18H,6-8,15H2,1-3H3/b10-4?,13-12+,16-5-/t9-,11+/m0/s1. The van der Waals surface area contributed by atoms with Gasteiger partial charge in [-0.1, -0.05) is 6.08 Å². The van der Waals surface area contributed by atoms with Gasteiger partial charge in [-0.3, -0.25) is 0 Å². The summed E-state index contributed by atoms with van der Waals surface area (Å²) in [5.41, 5.74) is 6.48. The lowest BCUT2D eigenvalue weighted by molar-refractivity contribution is -0.136. The van der Waals surface area contributed by atoms with Gasteiger partial charge in [-0.25, -0.2) is 9.79 Å². The molecule has 1 rings (SSSR count). The lowest BCUT2D eigenvalue weighted by Crippen LogP contribution is -2.32. The van der Waals surface area contributed by atoms with Gasteiger partial charge in [-0.15, -0.1) is 0 Å². The van der Waals surface area contributed by atoms with Crippen molar-refractivity contribution in [1.29, 1.82) is 0 Å². The average molecular weight is 297 g/mol. The van der Waals surface area contributed by atoms with Gasteiger partial charge in [-0.05, 0) is 26.7 Å². The Kier molecular flexibility index (Phi) is 6.90. The fourth-order valence-corrected chi connectivity index (χ4v) is 2.08. The van der Waals surface area contributed by atoms with Crippen molar-refractivity contribution < 1.29 is 19.4 Å². The summed E-state index contributed by atoms with van der Waals surface area (Å²) in [5.74, 6) is -0.503. The molecule has 1 aliphatic rings. The highest BCUT2D eigenvalue weighted by Crippen LogP contribution is 2.21. The zero-order chi connectivity index (χ0) is 15.8. The molecule has 0 aromatic rings. The minimum Gasteiger partial charge on any atom is -0.465 e. The summed E-state index contributed by atoms with van der Waals surface area (Å²) >= 11 is 0. The van der Waals surface area contributed by atoms with Gasteiger partial charge in [0.15, 0.2) is 0 Å². The Bertz CT molecular complexity index is 457. The van der Waals surface area contributed by atoms with Gasteiger partial charge in [0.25, 0.3) is 0 Å². The summed E-state index contributed by atoms with van der Waals surface area (Å²) in [6.07, 6.45) is 4.22. The van der Waals surface area contributed by atoms with Crippen LogP contribution in [0.5, 0.6) is 0 Å². The molecule has 21 heavy (non-hydrogen) atoms. The number of nitrogens with one attached hydrogen (secondary N) is 1. The van der Waals surface area contributed by atoms with Crippen LogP contribution >= 0.6 is 0 Å². The predicted octanol–water partition coefficient (Wildman–Crippen LogP) is 0.411. The third kappa shape index (κ3) is 4.57. The van der Waals surface area contributed by atoms with Crippen LogP contribution in [0.2, 0.25) is 0 Å². The number of nitrogens with zero attached hydrogens (tertiary/aromatic N) is 1. The van der Waals surface area contributed by atoms with Gasteiger partial charge in [0.2, 0.25) is 0 Å². The van der Waals surface area contributed by atoms with Crippen molar-refractivity contribution in [3.05, 3.63) is 23.2 Å². The zero-order valence-corrected chi connectivity index (χ0v) is 12.6. The van der Waals surface area contributed by atoms with Crippen LogP contribution in [0.15, 0.2) is 28.2 Å². The number of aliphatic hydroxyl groups is 1. The highest BCUT2D eigenvalue weighted by molar-refractivity contribution is 5.94. The number of nitrogens with two attached hydrogens (primary N) is 1. The number of carbonyl (C=O) groups excluding carboxylic acids is 1. The number of aliphatic hydroxyl groups excluding tert-OH is 1. The highest BCUT2D eigenvalue weighted by Gasteiger charge is 2.27. The summed E-state index contributed by atoms with van der Waals surface area (Å²) in [5, 5.41) is 12.2. The van der Waals surface area contributed by atoms with Gasteiger partial charge in [0, 0.05) is 6.21 Å². The third-order valence-electron chi connectivity index (χ3n) is 3.10. The van der Waals surface area contributed by atoms with Gasteiger partial charge in [0.1, 0.15) is 17.6 Å². The van der Waals surface area contributed by atoms with Crippen LogP contribution in [0.1, 0.15) is 26.7 Å². The van der Waals surface area contributed by atoms with Crippen LogP contribution in [0.4, 0.5) is 0 Å².